The van der Waals surface area contributed by atoms with E-state index in [2.05, 4.69) is 20.6 Å². The average molecular weight is 408 g/mol. The molecule has 0 aromatic carbocycles. The number of hydrogen-bond acceptors (Lipinski definition) is 6. The third-order valence-corrected chi connectivity index (χ3v) is 6.21. The molecule has 2 saturated heterocycles. The standard InChI is InChI=1S/C17H24N6O4S/c1-9-15(25)22-12(7-28-9)16(26)21-11(5-10-6-19-8-20-10)17(27)23-4-2-3-13(23)14(18)24/h6,8-9,11-13H,2-5,7H2,1H3,(H2,18,24)(H,19,20)(H,21,26)(H,22,25)/t9-,11-,12-,13-/m0/s1. The highest BCUT2D eigenvalue weighted by Gasteiger charge is 2.38. The monoisotopic (exact) mass is 408 g/mol. The van der Waals surface area contributed by atoms with Crippen LogP contribution in [-0.2, 0) is 25.6 Å². The fourth-order valence-corrected chi connectivity index (χ4v) is 4.34. The summed E-state index contributed by atoms with van der Waals surface area (Å²) in [6.07, 6.45) is 4.44. The van der Waals surface area contributed by atoms with Gasteiger partial charge in [0.15, 0.2) is 0 Å². The predicted molar refractivity (Wildman–Crippen MR) is 102 cm³/mol. The summed E-state index contributed by atoms with van der Waals surface area (Å²) >= 11 is 1.39. The number of nitrogens with two attached hydrogens (primary N) is 1. The lowest BCUT2D eigenvalue weighted by atomic mass is 10.1. The summed E-state index contributed by atoms with van der Waals surface area (Å²) < 4.78 is 0. The minimum atomic E-state index is -0.894. The molecule has 11 heteroatoms. The Morgan fingerprint density at radius 3 is 2.89 bits per heavy atom. The van der Waals surface area contributed by atoms with Gasteiger partial charge in [0.05, 0.1) is 11.6 Å². The SMILES string of the molecule is C[C@@H]1SC[C@@H](C(=O)N[C@@H](Cc2cnc[nH]2)C(=O)N2CCC[C@H]2C(N)=O)NC1=O. The Hall–Kier alpha value is -2.56. The van der Waals surface area contributed by atoms with Gasteiger partial charge in [-0.1, -0.05) is 0 Å². The van der Waals surface area contributed by atoms with Crippen LogP contribution in [0.2, 0.25) is 0 Å². The maximum Gasteiger partial charge on any atom is 0.246 e. The number of hydrogen-bond donors (Lipinski definition) is 4. The number of rotatable bonds is 6. The molecule has 0 radical (unpaired) electrons. The van der Waals surface area contributed by atoms with Crippen molar-refractivity contribution < 1.29 is 19.2 Å². The maximum absolute atomic E-state index is 13.1. The predicted octanol–water partition coefficient (Wildman–Crippen LogP) is -1.47. The number of primary amides is 1. The lowest BCUT2D eigenvalue weighted by Crippen LogP contribution is -2.59. The zero-order valence-electron chi connectivity index (χ0n) is 15.5. The Morgan fingerprint density at radius 1 is 1.46 bits per heavy atom. The van der Waals surface area contributed by atoms with Crippen molar-refractivity contribution in [1.82, 2.24) is 25.5 Å². The van der Waals surface area contributed by atoms with Crippen molar-refractivity contribution in [3.63, 3.8) is 0 Å². The molecule has 2 fully saturated rings. The number of aromatic nitrogens is 2. The number of imidazole rings is 1. The highest BCUT2D eigenvalue weighted by Crippen LogP contribution is 2.20. The number of nitrogens with zero attached hydrogens (tertiary/aromatic N) is 2. The van der Waals surface area contributed by atoms with Crippen LogP contribution in [0.5, 0.6) is 0 Å². The fourth-order valence-electron chi connectivity index (χ4n) is 3.40. The molecule has 2 aliphatic heterocycles. The van der Waals surface area contributed by atoms with Crippen LogP contribution in [-0.4, -0.2) is 74.2 Å². The quantitative estimate of drug-likeness (QED) is 0.451. The van der Waals surface area contributed by atoms with Crippen molar-refractivity contribution in [2.75, 3.05) is 12.3 Å². The van der Waals surface area contributed by atoms with Gasteiger partial charge >= 0.3 is 0 Å². The van der Waals surface area contributed by atoms with Gasteiger partial charge in [-0.25, -0.2) is 4.98 Å². The summed E-state index contributed by atoms with van der Waals surface area (Å²) in [5.41, 5.74) is 6.09. The van der Waals surface area contributed by atoms with Crippen LogP contribution < -0.4 is 16.4 Å². The first-order valence-electron chi connectivity index (χ1n) is 9.16. The van der Waals surface area contributed by atoms with Crippen molar-refractivity contribution >= 4 is 35.4 Å². The first-order valence-corrected chi connectivity index (χ1v) is 10.2. The molecule has 0 aliphatic carbocycles. The van der Waals surface area contributed by atoms with E-state index in [1.54, 1.807) is 13.1 Å². The molecule has 4 atom stereocenters. The van der Waals surface area contributed by atoms with Gasteiger partial charge in [-0.3, -0.25) is 19.2 Å². The van der Waals surface area contributed by atoms with Crippen LogP contribution in [0.4, 0.5) is 0 Å². The van der Waals surface area contributed by atoms with Crippen molar-refractivity contribution in [3.8, 4) is 0 Å². The van der Waals surface area contributed by atoms with Gasteiger partial charge in [0.25, 0.3) is 0 Å². The Kier molecular flexibility index (Phi) is 6.22. The maximum atomic E-state index is 13.1. The van der Waals surface area contributed by atoms with Gasteiger partial charge in [0.2, 0.25) is 23.6 Å². The Morgan fingerprint density at radius 2 is 2.25 bits per heavy atom. The number of nitrogens with one attached hydrogen (secondary N) is 3. The van der Waals surface area contributed by atoms with E-state index in [0.717, 1.165) is 0 Å². The summed E-state index contributed by atoms with van der Waals surface area (Å²) in [6, 6.07) is -2.27. The van der Waals surface area contributed by atoms with Crippen LogP contribution in [0.3, 0.4) is 0 Å². The molecule has 152 valence electrons. The van der Waals surface area contributed by atoms with Gasteiger partial charge in [-0.2, -0.15) is 0 Å². The van der Waals surface area contributed by atoms with Crippen LogP contribution in [0.25, 0.3) is 0 Å². The molecule has 3 heterocycles. The minimum Gasteiger partial charge on any atom is -0.368 e. The summed E-state index contributed by atoms with van der Waals surface area (Å²) in [7, 11) is 0. The summed E-state index contributed by atoms with van der Waals surface area (Å²) in [4.78, 5) is 57.6. The molecule has 3 rings (SSSR count). The van der Waals surface area contributed by atoms with Crippen LogP contribution in [0.15, 0.2) is 12.5 Å². The number of H-pyrrole nitrogens is 1. The van der Waals surface area contributed by atoms with Gasteiger partial charge in [0, 0.05) is 30.6 Å². The van der Waals surface area contributed by atoms with E-state index < -0.39 is 29.9 Å². The first-order chi connectivity index (χ1) is 13.4. The smallest absolute Gasteiger partial charge is 0.246 e. The van der Waals surface area contributed by atoms with E-state index >= 15 is 0 Å². The highest BCUT2D eigenvalue weighted by molar-refractivity contribution is 8.00. The van der Waals surface area contributed by atoms with Crippen LogP contribution >= 0.6 is 11.8 Å². The molecule has 10 nitrogen and oxygen atoms in total. The van der Waals surface area contributed by atoms with Gasteiger partial charge in [0.1, 0.15) is 18.1 Å². The zero-order valence-corrected chi connectivity index (χ0v) is 16.3. The van der Waals surface area contributed by atoms with Crippen molar-refractivity contribution in [1.29, 1.82) is 0 Å². The van der Waals surface area contributed by atoms with E-state index in [1.165, 1.54) is 23.0 Å². The fraction of sp³-hybridized carbons (Fsp3) is 0.588. The van der Waals surface area contributed by atoms with E-state index in [0.29, 0.717) is 30.8 Å². The summed E-state index contributed by atoms with van der Waals surface area (Å²) in [5, 5.41) is 5.20. The summed E-state index contributed by atoms with van der Waals surface area (Å²) in [5.74, 6) is -1.13. The van der Waals surface area contributed by atoms with Gasteiger partial charge in [-0.15, -0.1) is 11.8 Å². The molecule has 0 spiro atoms. The lowest BCUT2D eigenvalue weighted by molar-refractivity contribution is -0.141. The third-order valence-electron chi connectivity index (χ3n) is 4.97. The van der Waals surface area contributed by atoms with E-state index in [4.69, 9.17) is 5.73 Å². The molecular weight excluding hydrogens is 384 g/mol. The number of carbonyl (C=O) groups is 4. The third kappa shape index (κ3) is 4.46. The molecule has 0 saturated carbocycles. The summed E-state index contributed by atoms with van der Waals surface area (Å²) in [6.45, 7) is 2.19. The van der Waals surface area contributed by atoms with E-state index in [-0.39, 0.29) is 23.5 Å². The molecule has 1 aromatic rings. The topological polar surface area (TPSA) is 150 Å². The second-order valence-corrected chi connectivity index (χ2v) is 8.34. The normalized spacial score (nSPS) is 25.8. The molecule has 28 heavy (non-hydrogen) atoms. The molecule has 0 bridgehead atoms. The molecule has 1 aromatic heterocycles. The second-order valence-electron chi connectivity index (χ2n) is 6.97. The van der Waals surface area contributed by atoms with Crippen LogP contribution in [0, 0.1) is 0 Å². The number of carbonyl (C=O) groups excluding carboxylic acids is 4. The van der Waals surface area contributed by atoms with Crippen molar-refractivity contribution in [3.05, 3.63) is 18.2 Å². The molecule has 0 unspecified atom stereocenters. The molecule has 4 amide bonds. The number of thioether (sulfide) groups is 1. The largest absolute Gasteiger partial charge is 0.368 e. The molecule has 2 aliphatic rings. The number of aromatic amines is 1. The number of amides is 4. The first kappa shape index (κ1) is 20.2. The van der Waals surface area contributed by atoms with E-state index in [9.17, 15) is 19.2 Å². The molecule has 5 N–H and O–H groups in total. The van der Waals surface area contributed by atoms with E-state index in [1.807, 2.05) is 0 Å². The minimum absolute atomic E-state index is 0.191. The van der Waals surface area contributed by atoms with Crippen LogP contribution in [0.1, 0.15) is 25.5 Å². The second kappa shape index (κ2) is 8.63. The Labute approximate surface area is 166 Å². The number of likely N-dealkylation sites (tertiary alicyclic amines) is 1. The highest BCUT2D eigenvalue weighted by atomic mass is 32.2. The Bertz CT molecular complexity index is 755. The van der Waals surface area contributed by atoms with Gasteiger partial charge < -0.3 is 26.3 Å². The average Bonchev–Trinajstić information content (AvgIpc) is 3.34. The van der Waals surface area contributed by atoms with Crippen molar-refractivity contribution in [2.45, 2.75) is 49.6 Å². The van der Waals surface area contributed by atoms with Crippen molar-refractivity contribution in [2.24, 2.45) is 5.73 Å². The lowest BCUT2D eigenvalue weighted by Gasteiger charge is -2.30. The molecular formula is C17H24N6O4S. The van der Waals surface area contributed by atoms with Gasteiger partial charge in [-0.05, 0) is 19.8 Å². The Balaban J connectivity index is 1.73. The zero-order chi connectivity index (χ0) is 20.3.